The van der Waals surface area contributed by atoms with E-state index in [0.717, 1.165) is 35.7 Å². The van der Waals surface area contributed by atoms with E-state index >= 15 is 0 Å². The number of sulfone groups is 1. The van der Waals surface area contributed by atoms with Gasteiger partial charge >= 0.3 is 0 Å². The van der Waals surface area contributed by atoms with Crippen molar-refractivity contribution in [3.05, 3.63) is 59.6 Å². The zero-order chi connectivity index (χ0) is 16.0. The van der Waals surface area contributed by atoms with Crippen molar-refractivity contribution in [2.75, 3.05) is 6.54 Å². The number of nitrogens with one attached hydrogen (secondary N) is 1. The summed E-state index contributed by atoms with van der Waals surface area (Å²) in [6.45, 7) is 1.51. The van der Waals surface area contributed by atoms with Crippen LogP contribution in [0.15, 0.2) is 56.7 Å². The fourth-order valence-corrected chi connectivity index (χ4v) is 4.24. The Balaban J connectivity index is 1.88. The third-order valence-corrected chi connectivity index (χ3v) is 5.84. The average molecular weight is 331 g/mol. The minimum atomic E-state index is -3.76. The molecule has 0 unspecified atom stereocenters. The third-order valence-electron chi connectivity index (χ3n) is 4.09. The Bertz CT molecular complexity index is 1010. The molecule has 0 bridgehead atoms. The molecule has 1 aromatic heterocycles. The van der Waals surface area contributed by atoms with Gasteiger partial charge in [0.15, 0.2) is 0 Å². The number of rotatable bonds is 2. The van der Waals surface area contributed by atoms with Crippen molar-refractivity contribution in [1.82, 2.24) is 5.32 Å². The molecule has 0 saturated carbocycles. The van der Waals surface area contributed by atoms with Gasteiger partial charge < -0.3 is 9.73 Å². The Kier molecular flexibility index (Phi) is 3.25. The highest BCUT2D eigenvalue weighted by Gasteiger charge is 2.22. The van der Waals surface area contributed by atoms with Gasteiger partial charge in [0.1, 0.15) is 17.2 Å². The van der Waals surface area contributed by atoms with Gasteiger partial charge in [-0.3, -0.25) is 0 Å². The molecule has 2 heterocycles. The molecule has 1 N–H and O–H groups in total. The summed E-state index contributed by atoms with van der Waals surface area (Å²) in [5, 5.41) is 4.05. The lowest BCUT2D eigenvalue weighted by molar-refractivity contribution is 0.500. The summed E-state index contributed by atoms with van der Waals surface area (Å²) in [7, 11) is -3.76. The van der Waals surface area contributed by atoms with E-state index in [1.807, 2.05) is 0 Å². The van der Waals surface area contributed by atoms with Gasteiger partial charge in [-0.05, 0) is 36.4 Å². The minimum Gasteiger partial charge on any atom is -0.461 e. The molecule has 0 radical (unpaired) electrons. The fourth-order valence-electron chi connectivity index (χ4n) is 2.93. The maximum Gasteiger partial charge on any atom is 0.206 e. The second kappa shape index (κ2) is 5.18. The van der Waals surface area contributed by atoms with Crippen LogP contribution < -0.4 is 5.32 Å². The SMILES string of the molecule is O=S(=O)(c1cccc(F)c1)c1ccc2oc3c(c2c1)CNCC3. The van der Waals surface area contributed by atoms with E-state index in [9.17, 15) is 12.8 Å². The van der Waals surface area contributed by atoms with Crippen LogP contribution in [-0.2, 0) is 22.8 Å². The van der Waals surface area contributed by atoms with E-state index in [1.165, 1.54) is 24.3 Å². The maximum absolute atomic E-state index is 13.4. The highest BCUT2D eigenvalue weighted by molar-refractivity contribution is 7.91. The lowest BCUT2D eigenvalue weighted by Crippen LogP contribution is -2.22. The van der Waals surface area contributed by atoms with Crippen LogP contribution in [0.5, 0.6) is 0 Å². The molecule has 0 spiro atoms. The zero-order valence-corrected chi connectivity index (χ0v) is 13.0. The van der Waals surface area contributed by atoms with E-state index in [-0.39, 0.29) is 9.79 Å². The lowest BCUT2D eigenvalue weighted by atomic mass is 10.1. The number of furan rings is 1. The molecule has 0 amide bonds. The summed E-state index contributed by atoms with van der Waals surface area (Å²) >= 11 is 0. The molecular weight excluding hydrogens is 317 g/mol. The van der Waals surface area contributed by atoms with Crippen molar-refractivity contribution in [3.8, 4) is 0 Å². The second-order valence-electron chi connectivity index (χ2n) is 5.55. The van der Waals surface area contributed by atoms with E-state index in [2.05, 4.69) is 5.32 Å². The number of hydrogen-bond donors (Lipinski definition) is 1. The van der Waals surface area contributed by atoms with Crippen LogP contribution >= 0.6 is 0 Å². The largest absolute Gasteiger partial charge is 0.461 e. The van der Waals surface area contributed by atoms with Crippen molar-refractivity contribution in [1.29, 1.82) is 0 Å². The molecule has 2 aromatic carbocycles. The number of benzene rings is 2. The molecule has 1 aliphatic rings. The maximum atomic E-state index is 13.4. The summed E-state index contributed by atoms with van der Waals surface area (Å²) in [5.74, 6) is 0.330. The summed E-state index contributed by atoms with van der Waals surface area (Å²) < 4.78 is 44.6. The predicted octanol–water partition coefficient (Wildman–Crippen LogP) is 3.05. The fraction of sp³-hybridized carbons (Fsp3) is 0.176. The Morgan fingerprint density at radius 2 is 1.91 bits per heavy atom. The summed E-state index contributed by atoms with van der Waals surface area (Å²) in [4.78, 5) is 0.0945. The third kappa shape index (κ3) is 2.34. The van der Waals surface area contributed by atoms with Gasteiger partial charge in [0.2, 0.25) is 9.84 Å². The first kappa shape index (κ1) is 14.4. The first-order chi connectivity index (χ1) is 11.1. The zero-order valence-electron chi connectivity index (χ0n) is 12.2. The first-order valence-corrected chi connectivity index (χ1v) is 8.80. The van der Waals surface area contributed by atoms with Crippen LogP contribution in [0, 0.1) is 5.82 Å². The van der Waals surface area contributed by atoms with Crippen molar-refractivity contribution in [2.45, 2.75) is 22.8 Å². The Labute approximate surface area is 132 Å². The van der Waals surface area contributed by atoms with Gasteiger partial charge in [-0.15, -0.1) is 0 Å². The smallest absolute Gasteiger partial charge is 0.206 e. The predicted molar refractivity (Wildman–Crippen MR) is 83.5 cm³/mol. The molecule has 0 aliphatic carbocycles. The van der Waals surface area contributed by atoms with Gasteiger partial charge in [0.05, 0.1) is 9.79 Å². The molecule has 0 saturated heterocycles. The van der Waals surface area contributed by atoms with E-state index in [1.54, 1.807) is 12.1 Å². The Morgan fingerprint density at radius 1 is 1.09 bits per heavy atom. The molecule has 4 rings (SSSR count). The van der Waals surface area contributed by atoms with Gasteiger partial charge in [-0.25, -0.2) is 12.8 Å². The molecular formula is C17H14FNO3S. The Morgan fingerprint density at radius 3 is 2.74 bits per heavy atom. The van der Waals surface area contributed by atoms with Crippen LogP contribution in [0.1, 0.15) is 11.3 Å². The molecule has 3 aromatic rings. The topological polar surface area (TPSA) is 59.3 Å². The molecule has 0 atom stereocenters. The molecule has 23 heavy (non-hydrogen) atoms. The highest BCUT2D eigenvalue weighted by atomic mass is 32.2. The summed E-state index contributed by atoms with van der Waals surface area (Å²) in [5.41, 5.74) is 1.68. The van der Waals surface area contributed by atoms with E-state index in [0.29, 0.717) is 12.1 Å². The molecule has 118 valence electrons. The van der Waals surface area contributed by atoms with Gasteiger partial charge in [-0.1, -0.05) is 6.07 Å². The van der Waals surface area contributed by atoms with Crippen LogP contribution in [0.4, 0.5) is 4.39 Å². The normalized spacial score (nSPS) is 14.8. The van der Waals surface area contributed by atoms with Crippen LogP contribution in [-0.4, -0.2) is 15.0 Å². The van der Waals surface area contributed by atoms with Gasteiger partial charge in [0.25, 0.3) is 0 Å². The standard InChI is InChI=1S/C17H14FNO3S/c18-11-2-1-3-12(8-11)23(20,21)13-4-5-16-14(9-13)15-10-19-7-6-17(15)22-16/h1-5,8-9,19H,6-7,10H2. The first-order valence-electron chi connectivity index (χ1n) is 7.31. The molecule has 4 nitrogen and oxygen atoms in total. The van der Waals surface area contributed by atoms with E-state index < -0.39 is 15.7 Å². The highest BCUT2D eigenvalue weighted by Crippen LogP contribution is 2.31. The molecule has 0 fully saturated rings. The quantitative estimate of drug-likeness (QED) is 0.784. The summed E-state index contributed by atoms with van der Waals surface area (Å²) in [6, 6.07) is 9.83. The average Bonchev–Trinajstić information content (AvgIpc) is 2.92. The summed E-state index contributed by atoms with van der Waals surface area (Å²) in [6.07, 6.45) is 0.788. The van der Waals surface area contributed by atoms with Crippen molar-refractivity contribution in [3.63, 3.8) is 0 Å². The monoisotopic (exact) mass is 331 g/mol. The van der Waals surface area contributed by atoms with Crippen LogP contribution in [0.3, 0.4) is 0 Å². The van der Waals surface area contributed by atoms with Crippen LogP contribution in [0.25, 0.3) is 11.0 Å². The van der Waals surface area contributed by atoms with Gasteiger partial charge in [-0.2, -0.15) is 0 Å². The minimum absolute atomic E-state index is 0.0488. The number of fused-ring (bicyclic) bond motifs is 3. The van der Waals surface area contributed by atoms with Gasteiger partial charge in [0, 0.05) is 30.5 Å². The van der Waals surface area contributed by atoms with Crippen molar-refractivity contribution >= 4 is 20.8 Å². The molecule has 6 heteroatoms. The molecule has 1 aliphatic heterocycles. The van der Waals surface area contributed by atoms with E-state index in [4.69, 9.17) is 4.42 Å². The number of halogens is 1. The van der Waals surface area contributed by atoms with Crippen molar-refractivity contribution < 1.29 is 17.2 Å². The van der Waals surface area contributed by atoms with Crippen molar-refractivity contribution in [2.24, 2.45) is 0 Å². The lowest BCUT2D eigenvalue weighted by Gasteiger charge is -2.11. The van der Waals surface area contributed by atoms with Crippen LogP contribution in [0.2, 0.25) is 0 Å². The Hall–Kier alpha value is -2.18. The second-order valence-corrected chi connectivity index (χ2v) is 7.50. The number of hydrogen-bond acceptors (Lipinski definition) is 4.